The molecule has 1 aromatic heterocycles. The fourth-order valence-electron chi connectivity index (χ4n) is 2.40. The summed E-state index contributed by atoms with van der Waals surface area (Å²) in [5, 5.41) is 0. The maximum Gasteiger partial charge on any atom is 0.113 e. The van der Waals surface area contributed by atoms with Gasteiger partial charge in [0.05, 0.1) is 0 Å². The second-order valence-electron chi connectivity index (χ2n) is 5.61. The highest BCUT2D eigenvalue weighted by molar-refractivity contribution is 5.14. The first-order chi connectivity index (χ1) is 7.63. The van der Waals surface area contributed by atoms with Crippen molar-refractivity contribution in [3.8, 4) is 0 Å². The smallest absolute Gasteiger partial charge is 0.113 e. The second kappa shape index (κ2) is 4.58. The zero-order valence-corrected chi connectivity index (χ0v) is 10.4. The number of nitrogens with zero attached hydrogens (tertiary/aromatic N) is 1. The predicted octanol–water partition coefficient (Wildman–Crippen LogP) is 2.69. The fraction of sp³-hybridized carbons (Fsp3) is 0.769. The van der Waals surface area contributed by atoms with E-state index in [-0.39, 0.29) is 5.41 Å². The van der Waals surface area contributed by atoms with E-state index in [4.69, 9.17) is 5.73 Å². The van der Waals surface area contributed by atoms with Crippen molar-refractivity contribution in [2.24, 2.45) is 5.73 Å². The van der Waals surface area contributed by atoms with Gasteiger partial charge in [-0.3, -0.25) is 0 Å². The van der Waals surface area contributed by atoms with E-state index in [0.717, 1.165) is 5.82 Å². The van der Waals surface area contributed by atoms with Gasteiger partial charge in [0.25, 0.3) is 0 Å². The molecule has 1 aromatic rings. The lowest BCUT2D eigenvalue weighted by atomic mass is 9.87. The number of hydrogen-bond acceptors (Lipinski definition) is 2. The summed E-state index contributed by atoms with van der Waals surface area (Å²) in [5.41, 5.74) is 7.05. The van der Waals surface area contributed by atoms with Gasteiger partial charge in [-0.2, -0.15) is 0 Å². The highest BCUT2D eigenvalue weighted by Crippen LogP contribution is 2.32. The molecule has 0 radical (unpaired) electrons. The number of imidazole rings is 1. The molecule has 0 atom stereocenters. The molecule has 0 spiro atoms. The molecule has 1 saturated carbocycles. The Balaban J connectivity index is 2.12. The van der Waals surface area contributed by atoms with Gasteiger partial charge in [0, 0.05) is 29.8 Å². The van der Waals surface area contributed by atoms with Crippen LogP contribution in [0.4, 0.5) is 0 Å². The summed E-state index contributed by atoms with van der Waals surface area (Å²) in [4.78, 5) is 7.98. The minimum absolute atomic E-state index is 0.0348. The Labute approximate surface area is 97.8 Å². The summed E-state index contributed by atoms with van der Waals surface area (Å²) < 4.78 is 0. The van der Waals surface area contributed by atoms with Crippen molar-refractivity contribution in [3.05, 3.63) is 17.7 Å². The monoisotopic (exact) mass is 221 g/mol. The molecule has 90 valence electrons. The van der Waals surface area contributed by atoms with E-state index in [2.05, 4.69) is 23.8 Å². The van der Waals surface area contributed by atoms with E-state index >= 15 is 0 Å². The Morgan fingerprint density at radius 2 is 2.06 bits per heavy atom. The number of aromatic nitrogens is 2. The third-order valence-corrected chi connectivity index (χ3v) is 3.79. The third-order valence-electron chi connectivity index (χ3n) is 3.79. The molecule has 0 saturated heterocycles. The number of rotatable bonds is 3. The number of aromatic amines is 1. The molecule has 1 aliphatic rings. The Morgan fingerprint density at radius 3 is 2.69 bits per heavy atom. The summed E-state index contributed by atoms with van der Waals surface area (Å²) in [5.74, 6) is 1.74. The van der Waals surface area contributed by atoms with Gasteiger partial charge in [-0.25, -0.2) is 4.98 Å². The van der Waals surface area contributed by atoms with E-state index in [9.17, 15) is 0 Å². The Bertz CT molecular complexity index is 335. The van der Waals surface area contributed by atoms with Gasteiger partial charge in [-0.1, -0.05) is 33.1 Å². The Kier molecular flexibility index (Phi) is 3.33. The maximum absolute atomic E-state index is 5.77. The van der Waals surface area contributed by atoms with Crippen LogP contribution in [0.2, 0.25) is 0 Å². The van der Waals surface area contributed by atoms with Crippen LogP contribution in [0.3, 0.4) is 0 Å². The number of nitrogens with two attached hydrogens (primary N) is 1. The molecule has 1 fully saturated rings. The van der Waals surface area contributed by atoms with Crippen LogP contribution >= 0.6 is 0 Å². The van der Waals surface area contributed by atoms with Gasteiger partial charge in [-0.05, 0) is 12.8 Å². The lowest BCUT2D eigenvalue weighted by Gasteiger charge is -2.21. The molecule has 0 bridgehead atoms. The van der Waals surface area contributed by atoms with Crippen molar-refractivity contribution in [1.29, 1.82) is 0 Å². The van der Waals surface area contributed by atoms with Crippen molar-refractivity contribution in [1.82, 2.24) is 9.97 Å². The average molecular weight is 221 g/mol. The van der Waals surface area contributed by atoms with Gasteiger partial charge in [0.1, 0.15) is 5.82 Å². The van der Waals surface area contributed by atoms with E-state index in [1.165, 1.54) is 37.8 Å². The summed E-state index contributed by atoms with van der Waals surface area (Å²) >= 11 is 0. The standard InChI is InChI=1S/C13H23N3/c1-13(2,9-14)12-15-8-11(16-12)10-6-4-3-5-7-10/h8,10H,3-7,9,14H2,1-2H3,(H,15,16). The Morgan fingerprint density at radius 1 is 1.38 bits per heavy atom. The van der Waals surface area contributed by atoms with Gasteiger partial charge in [0.2, 0.25) is 0 Å². The number of nitrogens with one attached hydrogen (secondary N) is 1. The Hall–Kier alpha value is -0.830. The van der Waals surface area contributed by atoms with Crippen molar-refractivity contribution >= 4 is 0 Å². The summed E-state index contributed by atoms with van der Waals surface area (Å²) in [6.07, 6.45) is 8.75. The highest BCUT2D eigenvalue weighted by atomic mass is 14.9. The topological polar surface area (TPSA) is 54.7 Å². The average Bonchev–Trinajstić information content (AvgIpc) is 2.80. The second-order valence-corrected chi connectivity index (χ2v) is 5.61. The van der Waals surface area contributed by atoms with Crippen LogP contribution in [0.1, 0.15) is 63.4 Å². The largest absolute Gasteiger partial charge is 0.345 e. The molecule has 0 amide bonds. The first-order valence-electron chi connectivity index (χ1n) is 6.39. The minimum Gasteiger partial charge on any atom is -0.345 e. The lowest BCUT2D eigenvalue weighted by molar-refractivity contribution is 0.435. The molecule has 0 unspecified atom stereocenters. The van der Waals surface area contributed by atoms with Crippen molar-refractivity contribution in [3.63, 3.8) is 0 Å². The van der Waals surface area contributed by atoms with E-state index < -0.39 is 0 Å². The predicted molar refractivity (Wildman–Crippen MR) is 66.5 cm³/mol. The van der Waals surface area contributed by atoms with Crippen molar-refractivity contribution < 1.29 is 0 Å². The van der Waals surface area contributed by atoms with Gasteiger partial charge in [0.15, 0.2) is 0 Å². The zero-order valence-electron chi connectivity index (χ0n) is 10.4. The molecule has 0 aromatic carbocycles. The van der Waals surface area contributed by atoms with Gasteiger partial charge < -0.3 is 10.7 Å². The molecule has 3 nitrogen and oxygen atoms in total. The van der Waals surface area contributed by atoms with E-state index in [0.29, 0.717) is 12.5 Å². The normalized spacial score (nSPS) is 18.9. The molecular formula is C13H23N3. The van der Waals surface area contributed by atoms with Crippen LogP contribution in [0.15, 0.2) is 6.20 Å². The first-order valence-corrected chi connectivity index (χ1v) is 6.39. The van der Waals surface area contributed by atoms with Gasteiger partial charge >= 0.3 is 0 Å². The molecule has 3 N–H and O–H groups in total. The minimum atomic E-state index is -0.0348. The molecule has 1 aliphatic carbocycles. The van der Waals surface area contributed by atoms with Crippen LogP contribution < -0.4 is 5.73 Å². The molecule has 2 rings (SSSR count). The van der Waals surface area contributed by atoms with E-state index in [1.807, 2.05) is 6.20 Å². The van der Waals surface area contributed by atoms with Crippen molar-refractivity contribution in [2.45, 2.75) is 57.3 Å². The van der Waals surface area contributed by atoms with Crippen LogP contribution in [-0.2, 0) is 5.41 Å². The summed E-state index contributed by atoms with van der Waals surface area (Å²) in [6.45, 7) is 4.90. The zero-order chi connectivity index (χ0) is 11.6. The fourth-order valence-corrected chi connectivity index (χ4v) is 2.40. The molecule has 0 aliphatic heterocycles. The SMILES string of the molecule is CC(C)(CN)c1ncc(C2CCCCC2)[nH]1. The van der Waals surface area contributed by atoms with Crippen LogP contribution in [0.25, 0.3) is 0 Å². The van der Waals surface area contributed by atoms with Crippen LogP contribution in [0.5, 0.6) is 0 Å². The number of H-pyrrole nitrogens is 1. The van der Waals surface area contributed by atoms with Crippen LogP contribution in [0, 0.1) is 0 Å². The molecule has 16 heavy (non-hydrogen) atoms. The summed E-state index contributed by atoms with van der Waals surface area (Å²) in [7, 11) is 0. The van der Waals surface area contributed by atoms with Gasteiger partial charge in [-0.15, -0.1) is 0 Å². The maximum atomic E-state index is 5.77. The molecule has 3 heteroatoms. The van der Waals surface area contributed by atoms with Crippen LogP contribution in [-0.4, -0.2) is 16.5 Å². The third kappa shape index (κ3) is 2.29. The molecule has 1 heterocycles. The highest BCUT2D eigenvalue weighted by Gasteiger charge is 2.24. The first kappa shape index (κ1) is 11.6. The summed E-state index contributed by atoms with van der Waals surface area (Å²) in [6, 6.07) is 0. The number of hydrogen-bond donors (Lipinski definition) is 2. The lowest BCUT2D eigenvalue weighted by Crippen LogP contribution is -2.29. The molecular weight excluding hydrogens is 198 g/mol. The van der Waals surface area contributed by atoms with Crippen molar-refractivity contribution in [2.75, 3.05) is 6.54 Å². The quantitative estimate of drug-likeness (QED) is 0.824. The van der Waals surface area contributed by atoms with E-state index in [1.54, 1.807) is 0 Å².